The Bertz CT molecular complexity index is 1070. The van der Waals surface area contributed by atoms with Gasteiger partial charge < -0.3 is 14.8 Å². The standard InChI is InChI=1S/C23H22N2O3S/c1-15-5-4-6-16(11-15)22-25-18(14-29-22)13-21(26)24-17-7-8-19-20(12-17)28-23(27-19)9-2-3-10-23/h4-8,11-12,14H,2-3,9-10,13H2,1H3,(H,24,26). The van der Waals surface area contributed by atoms with Crippen molar-refractivity contribution in [3.05, 3.63) is 59.1 Å². The van der Waals surface area contributed by atoms with Gasteiger partial charge in [-0.1, -0.05) is 23.8 Å². The van der Waals surface area contributed by atoms with Crippen LogP contribution in [0, 0.1) is 6.92 Å². The van der Waals surface area contributed by atoms with E-state index in [1.807, 2.05) is 35.7 Å². The number of rotatable bonds is 4. The van der Waals surface area contributed by atoms with Gasteiger partial charge in [0.25, 0.3) is 5.79 Å². The summed E-state index contributed by atoms with van der Waals surface area (Å²) in [5.74, 6) is 0.880. The third-order valence-corrected chi connectivity index (χ3v) is 6.28. The molecule has 1 aliphatic heterocycles. The van der Waals surface area contributed by atoms with Gasteiger partial charge in [-0.25, -0.2) is 4.98 Å². The minimum absolute atomic E-state index is 0.0967. The Kier molecular flexibility index (Phi) is 4.51. The molecule has 0 radical (unpaired) electrons. The van der Waals surface area contributed by atoms with Crippen molar-refractivity contribution in [3.8, 4) is 22.1 Å². The summed E-state index contributed by atoms with van der Waals surface area (Å²) in [5.41, 5.74) is 3.76. The van der Waals surface area contributed by atoms with E-state index < -0.39 is 5.79 Å². The maximum Gasteiger partial charge on any atom is 0.251 e. The lowest BCUT2D eigenvalue weighted by Crippen LogP contribution is -2.34. The van der Waals surface area contributed by atoms with Crippen molar-refractivity contribution < 1.29 is 14.3 Å². The van der Waals surface area contributed by atoms with E-state index in [2.05, 4.69) is 29.4 Å². The first-order valence-corrected chi connectivity index (χ1v) is 10.8. The quantitative estimate of drug-likeness (QED) is 0.635. The van der Waals surface area contributed by atoms with Crippen molar-refractivity contribution in [2.45, 2.75) is 44.8 Å². The van der Waals surface area contributed by atoms with Crippen molar-refractivity contribution in [2.24, 2.45) is 0 Å². The molecule has 0 atom stereocenters. The van der Waals surface area contributed by atoms with Gasteiger partial charge >= 0.3 is 0 Å². The van der Waals surface area contributed by atoms with Crippen LogP contribution in [0.1, 0.15) is 36.9 Å². The van der Waals surface area contributed by atoms with Gasteiger partial charge in [0, 0.05) is 35.5 Å². The largest absolute Gasteiger partial charge is 0.448 e. The Hall–Kier alpha value is -2.86. The minimum Gasteiger partial charge on any atom is -0.448 e. The average molecular weight is 407 g/mol. The van der Waals surface area contributed by atoms with Crippen LogP contribution in [0.5, 0.6) is 11.5 Å². The van der Waals surface area contributed by atoms with E-state index in [1.165, 1.54) is 5.56 Å². The lowest BCUT2D eigenvalue weighted by Gasteiger charge is -2.21. The molecular formula is C23H22N2O3S. The Labute approximate surface area is 173 Å². The number of thiazole rings is 1. The number of aryl methyl sites for hydroxylation is 1. The Morgan fingerprint density at radius 1 is 1.14 bits per heavy atom. The normalized spacial score (nSPS) is 16.3. The van der Waals surface area contributed by atoms with Crippen LogP contribution in [0.15, 0.2) is 47.8 Å². The molecular weight excluding hydrogens is 384 g/mol. The van der Waals surface area contributed by atoms with Crippen LogP contribution in [0.25, 0.3) is 10.6 Å². The average Bonchev–Trinajstić information content (AvgIpc) is 3.42. The number of aromatic nitrogens is 1. The second kappa shape index (κ2) is 7.19. The first kappa shape index (κ1) is 18.2. The molecule has 1 spiro atoms. The van der Waals surface area contributed by atoms with Crippen LogP contribution < -0.4 is 14.8 Å². The number of anilines is 1. The third-order valence-electron chi connectivity index (χ3n) is 5.34. The van der Waals surface area contributed by atoms with Crippen molar-refractivity contribution in [3.63, 3.8) is 0 Å². The van der Waals surface area contributed by atoms with Gasteiger partial charge in [0.05, 0.1) is 12.1 Å². The zero-order valence-corrected chi connectivity index (χ0v) is 17.1. The molecule has 0 unspecified atom stereocenters. The van der Waals surface area contributed by atoms with Crippen LogP contribution in [-0.4, -0.2) is 16.7 Å². The first-order chi connectivity index (χ1) is 14.1. The number of hydrogen-bond donors (Lipinski definition) is 1. The highest BCUT2D eigenvalue weighted by molar-refractivity contribution is 7.13. The van der Waals surface area contributed by atoms with Gasteiger partial charge in [0.15, 0.2) is 11.5 Å². The molecule has 2 aromatic carbocycles. The molecule has 1 N–H and O–H groups in total. The number of carbonyl (C=O) groups is 1. The molecule has 1 amide bonds. The van der Waals surface area contributed by atoms with Crippen molar-refractivity contribution in [1.29, 1.82) is 0 Å². The van der Waals surface area contributed by atoms with Crippen molar-refractivity contribution in [2.75, 3.05) is 5.32 Å². The maximum atomic E-state index is 12.5. The van der Waals surface area contributed by atoms with Crippen LogP contribution in [0.4, 0.5) is 5.69 Å². The molecule has 5 nitrogen and oxygen atoms in total. The summed E-state index contributed by atoms with van der Waals surface area (Å²) < 4.78 is 12.1. The third kappa shape index (κ3) is 3.72. The molecule has 0 bridgehead atoms. The highest BCUT2D eigenvalue weighted by Crippen LogP contribution is 2.47. The Morgan fingerprint density at radius 3 is 2.79 bits per heavy atom. The molecule has 5 rings (SSSR count). The molecule has 1 aromatic heterocycles. The molecule has 0 saturated heterocycles. The zero-order chi connectivity index (χ0) is 19.8. The monoisotopic (exact) mass is 406 g/mol. The van der Waals surface area contributed by atoms with Crippen LogP contribution in [0.3, 0.4) is 0 Å². The summed E-state index contributed by atoms with van der Waals surface area (Å²) in [6.45, 7) is 2.06. The molecule has 1 aliphatic carbocycles. The minimum atomic E-state index is -0.488. The molecule has 2 aliphatic rings. The molecule has 148 valence electrons. The number of nitrogens with one attached hydrogen (secondary N) is 1. The van der Waals surface area contributed by atoms with E-state index in [0.717, 1.165) is 47.7 Å². The number of fused-ring (bicyclic) bond motifs is 1. The van der Waals surface area contributed by atoms with Gasteiger partial charge in [-0.05, 0) is 38.0 Å². The van der Waals surface area contributed by atoms with Crippen LogP contribution >= 0.6 is 11.3 Å². The second-order valence-corrected chi connectivity index (χ2v) is 8.58. The number of ether oxygens (including phenoxy) is 2. The highest BCUT2D eigenvalue weighted by Gasteiger charge is 2.44. The fourth-order valence-electron chi connectivity index (χ4n) is 3.96. The van der Waals surface area contributed by atoms with E-state index in [-0.39, 0.29) is 12.3 Å². The van der Waals surface area contributed by atoms with Gasteiger partial charge in [-0.15, -0.1) is 11.3 Å². The summed E-state index contributed by atoms with van der Waals surface area (Å²) in [7, 11) is 0. The van der Waals surface area contributed by atoms with Crippen LogP contribution in [0.2, 0.25) is 0 Å². The topological polar surface area (TPSA) is 60.5 Å². The summed E-state index contributed by atoms with van der Waals surface area (Å²) in [4.78, 5) is 17.1. The number of amides is 1. The Morgan fingerprint density at radius 2 is 1.97 bits per heavy atom. The zero-order valence-electron chi connectivity index (χ0n) is 16.2. The van der Waals surface area contributed by atoms with E-state index in [9.17, 15) is 4.79 Å². The molecule has 1 fully saturated rings. The summed E-state index contributed by atoms with van der Waals surface area (Å²) in [6.07, 6.45) is 4.30. The molecule has 1 saturated carbocycles. The van der Waals surface area contributed by atoms with E-state index in [0.29, 0.717) is 11.4 Å². The van der Waals surface area contributed by atoms with E-state index in [4.69, 9.17) is 9.47 Å². The van der Waals surface area contributed by atoms with Gasteiger partial charge in [0.1, 0.15) is 5.01 Å². The van der Waals surface area contributed by atoms with Gasteiger partial charge in [0.2, 0.25) is 5.91 Å². The van der Waals surface area contributed by atoms with Crippen molar-refractivity contribution in [1.82, 2.24) is 4.98 Å². The first-order valence-electron chi connectivity index (χ1n) is 9.92. The number of carbonyl (C=O) groups excluding carboxylic acids is 1. The van der Waals surface area contributed by atoms with Gasteiger partial charge in [-0.3, -0.25) is 4.79 Å². The van der Waals surface area contributed by atoms with E-state index >= 15 is 0 Å². The number of nitrogens with zero attached hydrogens (tertiary/aromatic N) is 1. The molecule has 29 heavy (non-hydrogen) atoms. The van der Waals surface area contributed by atoms with Gasteiger partial charge in [-0.2, -0.15) is 0 Å². The Balaban J connectivity index is 1.24. The summed E-state index contributed by atoms with van der Waals surface area (Å²) >= 11 is 1.56. The molecule has 6 heteroatoms. The fourth-order valence-corrected chi connectivity index (χ4v) is 4.77. The molecule has 2 heterocycles. The van der Waals surface area contributed by atoms with Crippen LogP contribution in [-0.2, 0) is 11.2 Å². The SMILES string of the molecule is Cc1cccc(-c2nc(CC(=O)Nc3ccc4c(c3)OC3(CCCC3)O4)cs2)c1. The lowest BCUT2D eigenvalue weighted by atomic mass is 10.1. The van der Waals surface area contributed by atoms with Crippen molar-refractivity contribution >= 4 is 22.9 Å². The second-order valence-electron chi connectivity index (χ2n) is 7.72. The smallest absolute Gasteiger partial charge is 0.251 e. The van der Waals surface area contributed by atoms with E-state index in [1.54, 1.807) is 11.3 Å². The summed E-state index contributed by atoms with van der Waals surface area (Å²) in [5, 5.41) is 5.82. The predicted molar refractivity (Wildman–Crippen MR) is 114 cm³/mol. The number of benzene rings is 2. The highest BCUT2D eigenvalue weighted by atomic mass is 32.1. The number of hydrogen-bond acceptors (Lipinski definition) is 5. The maximum absolute atomic E-state index is 12.5. The lowest BCUT2D eigenvalue weighted by molar-refractivity contribution is -0.115. The molecule has 3 aromatic rings. The summed E-state index contributed by atoms with van der Waals surface area (Å²) in [6, 6.07) is 13.8. The fraction of sp³-hybridized carbons (Fsp3) is 0.304. The predicted octanol–water partition coefficient (Wildman–Crippen LogP) is 5.34.